The Hall–Kier alpha value is -1.91. The van der Waals surface area contributed by atoms with Crippen molar-refractivity contribution in [3.8, 4) is 0 Å². The quantitative estimate of drug-likeness (QED) is 0.0528. The number of aliphatic hydroxyl groups is 1. The third kappa shape index (κ3) is 32.5. The van der Waals surface area contributed by atoms with E-state index in [1.54, 1.807) is 0 Å². The van der Waals surface area contributed by atoms with Gasteiger partial charge in [0, 0.05) is 13.0 Å². The van der Waals surface area contributed by atoms with Crippen molar-refractivity contribution in [3.05, 3.63) is 60.8 Å². The SMILES string of the molecule is CC/C=C\C/C=C\C/C=C\CCCCCCCC(=O)OC(CO)COCCCCCCCC/C=C\C/C=C\CCC. The van der Waals surface area contributed by atoms with Crippen molar-refractivity contribution >= 4 is 5.97 Å². The number of carbonyl (C=O) groups is 1. The van der Waals surface area contributed by atoms with Gasteiger partial charge in [0.15, 0.2) is 0 Å². The topological polar surface area (TPSA) is 55.8 Å². The highest BCUT2D eigenvalue weighted by Crippen LogP contribution is 2.10. The first-order chi connectivity index (χ1) is 20.2. The number of ether oxygens (including phenoxy) is 2. The zero-order valence-corrected chi connectivity index (χ0v) is 26.8. The Bertz CT molecular complexity index is 689. The molecule has 4 heteroatoms. The number of hydrogen-bond donors (Lipinski definition) is 1. The van der Waals surface area contributed by atoms with E-state index in [2.05, 4.69) is 74.6 Å². The number of aliphatic hydroxyl groups excluding tert-OH is 1. The van der Waals surface area contributed by atoms with E-state index in [4.69, 9.17) is 9.47 Å². The molecule has 1 N–H and O–H groups in total. The fourth-order valence-corrected chi connectivity index (χ4v) is 4.32. The van der Waals surface area contributed by atoms with Crippen LogP contribution in [0.25, 0.3) is 0 Å². The van der Waals surface area contributed by atoms with Gasteiger partial charge in [-0.05, 0) is 70.6 Å². The molecule has 0 saturated heterocycles. The molecule has 0 aromatic heterocycles. The minimum Gasteiger partial charge on any atom is -0.457 e. The zero-order valence-electron chi connectivity index (χ0n) is 26.8. The van der Waals surface area contributed by atoms with E-state index >= 15 is 0 Å². The maximum Gasteiger partial charge on any atom is 0.306 e. The summed E-state index contributed by atoms with van der Waals surface area (Å²) >= 11 is 0. The van der Waals surface area contributed by atoms with Crippen LogP contribution in [0.1, 0.15) is 142 Å². The second-order valence-electron chi connectivity index (χ2n) is 10.8. The molecule has 0 aliphatic heterocycles. The Morgan fingerprint density at radius 2 is 1.10 bits per heavy atom. The Labute approximate surface area is 254 Å². The summed E-state index contributed by atoms with van der Waals surface area (Å²) in [4.78, 5) is 12.1. The number of allylic oxidation sites excluding steroid dienone is 10. The van der Waals surface area contributed by atoms with Gasteiger partial charge in [-0.3, -0.25) is 4.79 Å². The second kappa shape index (κ2) is 34.3. The van der Waals surface area contributed by atoms with Crippen molar-refractivity contribution in [2.24, 2.45) is 0 Å². The molecular weight excluding hydrogens is 508 g/mol. The molecule has 0 fully saturated rings. The van der Waals surface area contributed by atoms with E-state index in [1.807, 2.05) is 0 Å². The Kier molecular flexibility index (Phi) is 32.7. The van der Waals surface area contributed by atoms with Gasteiger partial charge in [-0.2, -0.15) is 0 Å². The van der Waals surface area contributed by atoms with Crippen LogP contribution in [0, 0.1) is 0 Å². The second-order valence-corrected chi connectivity index (χ2v) is 10.8. The highest BCUT2D eigenvalue weighted by Gasteiger charge is 2.13. The van der Waals surface area contributed by atoms with Crippen LogP contribution in [0.3, 0.4) is 0 Å². The lowest BCUT2D eigenvalue weighted by molar-refractivity contribution is -0.154. The van der Waals surface area contributed by atoms with Crippen molar-refractivity contribution in [2.45, 2.75) is 148 Å². The first kappa shape index (κ1) is 39.1. The summed E-state index contributed by atoms with van der Waals surface area (Å²) in [5.74, 6) is -0.225. The van der Waals surface area contributed by atoms with E-state index < -0.39 is 6.10 Å². The molecule has 0 aliphatic carbocycles. The normalized spacial score (nSPS) is 13.1. The fourth-order valence-electron chi connectivity index (χ4n) is 4.32. The molecule has 0 bridgehead atoms. The molecule has 1 unspecified atom stereocenters. The van der Waals surface area contributed by atoms with Gasteiger partial charge in [0.05, 0.1) is 13.2 Å². The van der Waals surface area contributed by atoms with E-state index in [1.165, 1.54) is 57.8 Å². The van der Waals surface area contributed by atoms with Crippen LogP contribution in [0.2, 0.25) is 0 Å². The van der Waals surface area contributed by atoms with Crippen LogP contribution < -0.4 is 0 Å². The number of unbranched alkanes of at least 4 members (excludes halogenated alkanes) is 12. The van der Waals surface area contributed by atoms with Crippen LogP contribution in [-0.2, 0) is 14.3 Å². The molecule has 41 heavy (non-hydrogen) atoms. The zero-order chi connectivity index (χ0) is 29.9. The van der Waals surface area contributed by atoms with Crippen LogP contribution in [0.5, 0.6) is 0 Å². The highest BCUT2D eigenvalue weighted by atomic mass is 16.6. The smallest absolute Gasteiger partial charge is 0.306 e. The minimum atomic E-state index is -0.549. The van der Waals surface area contributed by atoms with Crippen LogP contribution in [0.4, 0.5) is 0 Å². The first-order valence-electron chi connectivity index (χ1n) is 16.9. The van der Waals surface area contributed by atoms with Crippen molar-refractivity contribution in [3.63, 3.8) is 0 Å². The first-order valence-corrected chi connectivity index (χ1v) is 16.9. The molecule has 1 atom stereocenters. The number of rotatable bonds is 30. The number of hydrogen-bond acceptors (Lipinski definition) is 4. The summed E-state index contributed by atoms with van der Waals surface area (Å²) in [6, 6.07) is 0. The predicted octanol–water partition coefficient (Wildman–Crippen LogP) is 10.5. The van der Waals surface area contributed by atoms with E-state index in [0.717, 1.165) is 64.2 Å². The van der Waals surface area contributed by atoms with Gasteiger partial charge in [0.2, 0.25) is 0 Å². The molecule has 0 rings (SSSR count). The van der Waals surface area contributed by atoms with Crippen molar-refractivity contribution < 1.29 is 19.4 Å². The maximum atomic E-state index is 12.1. The van der Waals surface area contributed by atoms with Gasteiger partial charge >= 0.3 is 5.97 Å². The minimum absolute atomic E-state index is 0.186. The molecule has 0 saturated carbocycles. The fraction of sp³-hybridized carbons (Fsp3) is 0.703. The van der Waals surface area contributed by atoms with E-state index in [0.29, 0.717) is 13.0 Å². The predicted molar refractivity (Wildman–Crippen MR) is 177 cm³/mol. The maximum absolute atomic E-state index is 12.1. The van der Waals surface area contributed by atoms with Gasteiger partial charge in [0.25, 0.3) is 0 Å². The highest BCUT2D eigenvalue weighted by molar-refractivity contribution is 5.69. The van der Waals surface area contributed by atoms with Gasteiger partial charge in [-0.25, -0.2) is 0 Å². The third-order valence-electron chi connectivity index (χ3n) is 6.81. The molecular formula is C37H64O4. The van der Waals surface area contributed by atoms with Gasteiger partial charge in [-0.1, -0.05) is 126 Å². The standard InChI is InChI=1S/C37H64O4/c1-3-5-7-9-11-13-15-17-19-20-22-24-26-28-30-32-37(39)41-36(34-38)35-40-33-31-29-27-25-23-21-18-16-14-12-10-8-6-4-2/h5,7-8,10-11,13-14,16-17,19,36,38H,3-4,6,9,12,15,18,20-35H2,1-2H3/b7-5-,10-8-,13-11-,16-14-,19-17-. The average Bonchev–Trinajstić information content (AvgIpc) is 2.98. The van der Waals surface area contributed by atoms with Crippen LogP contribution in [-0.4, -0.2) is 37.0 Å². The van der Waals surface area contributed by atoms with Gasteiger partial charge in [0.1, 0.15) is 6.10 Å². The summed E-state index contributed by atoms with van der Waals surface area (Å²) in [6.07, 6.45) is 43.9. The van der Waals surface area contributed by atoms with Crippen molar-refractivity contribution in [1.82, 2.24) is 0 Å². The molecule has 0 aromatic carbocycles. The molecule has 0 aliphatic rings. The lowest BCUT2D eigenvalue weighted by Gasteiger charge is -2.15. The Morgan fingerprint density at radius 1 is 0.610 bits per heavy atom. The van der Waals surface area contributed by atoms with Gasteiger partial charge < -0.3 is 14.6 Å². The summed E-state index contributed by atoms with van der Waals surface area (Å²) in [5.41, 5.74) is 0. The van der Waals surface area contributed by atoms with E-state index in [9.17, 15) is 9.90 Å². The summed E-state index contributed by atoms with van der Waals surface area (Å²) in [6.45, 7) is 5.11. The van der Waals surface area contributed by atoms with Crippen LogP contribution >= 0.6 is 0 Å². The van der Waals surface area contributed by atoms with E-state index in [-0.39, 0.29) is 19.2 Å². The van der Waals surface area contributed by atoms with Crippen molar-refractivity contribution in [1.29, 1.82) is 0 Å². The Balaban J connectivity index is 3.53. The molecule has 0 amide bonds. The summed E-state index contributed by atoms with van der Waals surface area (Å²) in [5, 5.41) is 9.53. The number of esters is 1. The third-order valence-corrected chi connectivity index (χ3v) is 6.81. The molecule has 236 valence electrons. The Morgan fingerprint density at radius 3 is 1.66 bits per heavy atom. The largest absolute Gasteiger partial charge is 0.457 e. The molecule has 0 aromatic rings. The average molecular weight is 573 g/mol. The number of carbonyl (C=O) groups excluding carboxylic acids is 1. The lowest BCUT2D eigenvalue weighted by Crippen LogP contribution is -2.27. The molecule has 4 nitrogen and oxygen atoms in total. The lowest BCUT2D eigenvalue weighted by atomic mass is 10.1. The molecule has 0 spiro atoms. The molecule has 0 radical (unpaired) electrons. The van der Waals surface area contributed by atoms with Crippen molar-refractivity contribution in [2.75, 3.05) is 19.8 Å². The van der Waals surface area contributed by atoms with Gasteiger partial charge in [-0.15, -0.1) is 0 Å². The summed E-state index contributed by atoms with van der Waals surface area (Å²) < 4.78 is 11.1. The van der Waals surface area contributed by atoms with Crippen LogP contribution in [0.15, 0.2) is 60.8 Å². The monoisotopic (exact) mass is 572 g/mol. The summed E-state index contributed by atoms with van der Waals surface area (Å²) in [7, 11) is 0. The molecule has 0 heterocycles.